The average molecular weight is 321 g/mol. The number of likely N-dealkylation sites (tertiary alicyclic amines) is 1. The third-order valence-corrected chi connectivity index (χ3v) is 4.77. The highest BCUT2D eigenvalue weighted by atomic mass is 15.2. The molecule has 5 nitrogen and oxygen atoms in total. The van der Waals surface area contributed by atoms with E-state index in [1.54, 1.807) is 0 Å². The zero-order valence-corrected chi connectivity index (χ0v) is 13.8. The fourth-order valence-electron chi connectivity index (χ4n) is 3.66. The molecule has 4 rings (SSSR count). The average Bonchev–Trinajstić information content (AvgIpc) is 3.28. The highest BCUT2D eigenvalue weighted by Gasteiger charge is 2.21. The summed E-state index contributed by atoms with van der Waals surface area (Å²) >= 11 is 0. The zero-order valence-electron chi connectivity index (χ0n) is 13.8. The van der Waals surface area contributed by atoms with Crippen molar-refractivity contribution in [2.75, 3.05) is 13.1 Å². The second-order valence-electron chi connectivity index (χ2n) is 6.58. The predicted molar refractivity (Wildman–Crippen MR) is 93.8 cm³/mol. The Kier molecular flexibility index (Phi) is 4.42. The topological polar surface area (TPSA) is 38.9 Å². The van der Waals surface area contributed by atoms with Crippen LogP contribution in [0.2, 0.25) is 0 Å². The maximum atomic E-state index is 4.24. The molecule has 0 radical (unpaired) electrons. The SMILES string of the molecule is c1cncc(-n2cccc2CN2CCC[C@H](Cn3ccnc3)C2)c1. The van der Waals surface area contributed by atoms with Crippen LogP contribution in [-0.4, -0.2) is 37.1 Å². The molecule has 1 aliphatic rings. The summed E-state index contributed by atoms with van der Waals surface area (Å²) in [5, 5.41) is 0. The van der Waals surface area contributed by atoms with Crippen LogP contribution >= 0.6 is 0 Å². The fraction of sp³-hybridized carbons (Fsp3) is 0.368. The first-order valence-electron chi connectivity index (χ1n) is 8.63. The van der Waals surface area contributed by atoms with Gasteiger partial charge in [0.05, 0.1) is 18.2 Å². The number of hydrogen-bond donors (Lipinski definition) is 0. The third-order valence-electron chi connectivity index (χ3n) is 4.77. The molecule has 0 bridgehead atoms. The van der Waals surface area contributed by atoms with E-state index < -0.39 is 0 Å². The number of rotatable bonds is 5. The number of pyridine rings is 1. The Balaban J connectivity index is 1.43. The van der Waals surface area contributed by atoms with Crippen LogP contribution in [-0.2, 0) is 13.1 Å². The number of imidazole rings is 1. The van der Waals surface area contributed by atoms with E-state index in [0.29, 0.717) is 5.92 Å². The van der Waals surface area contributed by atoms with Gasteiger partial charge in [0, 0.05) is 50.1 Å². The normalized spacial score (nSPS) is 18.8. The van der Waals surface area contributed by atoms with Gasteiger partial charge in [0.1, 0.15) is 0 Å². The molecule has 4 heterocycles. The van der Waals surface area contributed by atoms with Gasteiger partial charge in [0.25, 0.3) is 0 Å². The lowest BCUT2D eigenvalue weighted by Gasteiger charge is -2.33. The molecule has 0 N–H and O–H groups in total. The molecule has 1 fully saturated rings. The standard InChI is InChI=1S/C19H23N5/c1-5-18(12-20-7-1)24-10-3-6-19(24)15-22-9-2-4-17(13-22)14-23-11-8-21-16-23/h1,3,5-8,10-12,16-17H,2,4,9,13-15H2/t17-/m0/s1. The summed E-state index contributed by atoms with van der Waals surface area (Å²) < 4.78 is 4.44. The summed E-state index contributed by atoms with van der Waals surface area (Å²) in [6.07, 6.45) is 14.3. The molecule has 3 aromatic heterocycles. The van der Waals surface area contributed by atoms with Crippen molar-refractivity contribution in [2.24, 2.45) is 5.92 Å². The van der Waals surface area contributed by atoms with Gasteiger partial charge >= 0.3 is 0 Å². The first-order chi connectivity index (χ1) is 11.9. The van der Waals surface area contributed by atoms with Crippen LogP contribution < -0.4 is 0 Å². The maximum Gasteiger partial charge on any atom is 0.0946 e. The molecule has 1 aliphatic heterocycles. The summed E-state index contributed by atoms with van der Waals surface area (Å²) in [5.74, 6) is 0.703. The van der Waals surface area contributed by atoms with Gasteiger partial charge in [-0.1, -0.05) is 0 Å². The Bertz CT molecular complexity index is 747. The van der Waals surface area contributed by atoms with Crippen molar-refractivity contribution in [3.63, 3.8) is 0 Å². The minimum Gasteiger partial charge on any atom is -0.337 e. The summed E-state index contributed by atoms with van der Waals surface area (Å²) in [7, 11) is 0. The number of aromatic nitrogens is 4. The molecule has 0 spiro atoms. The van der Waals surface area contributed by atoms with Crippen molar-refractivity contribution >= 4 is 0 Å². The zero-order chi connectivity index (χ0) is 16.2. The van der Waals surface area contributed by atoms with E-state index in [0.717, 1.165) is 25.3 Å². The molecule has 0 amide bonds. The number of nitrogens with zero attached hydrogens (tertiary/aromatic N) is 5. The molecular weight excluding hydrogens is 298 g/mol. The van der Waals surface area contributed by atoms with E-state index in [1.807, 2.05) is 31.0 Å². The van der Waals surface area contributed by atoms with E-state index in [2.05, 4.69) is 54.6 Å². The van der Waals surface area contributed by atoms with E-state index in [9.17, 15) is 0 Å². The first-order valence-corrected chi connectivity index (χ1v) is 8.63. The van der Waals surface area contributed by atoms with E-state index in [-0.39, 0.29) is 0 Å². The number of hydrogen-bond acceptors (Lipinski definition) is 3. The highest BCUT2D eigenvalue weighted by molar-refractivity contribution is 5.32. The van der Waals surface area contributed by atoms with Crippen LogP contribution in [0.4, 0.5) is 0 Å². The van der Waals surface area contributed by atoms with Gasteiger partial charge in [-0.3, -0.25) is 9.88 Å². The van der Waals surface area contributed by atoms with E-state index in [4.69, 9.17) is 0 Å². The van der Waals surface area contributed by atoms with Gasteiger partial charge < -0.3 is 9.13 Å². The van der Waals surface area contributed by atoms with Crippen molar-refractivity contribution in [3.8, 4) is 5.69 Å². The second kappa shape index (κ2) is 7.01. The molecule has 0 saturated carbocycles. The van der Waals surface area contributed by atoms with Gasteiger partial charge in [-0.25, -0.2) is 4.98 Å². The molecule has 1 saturated heterocycles. The van der Waals surface area contributed by atoms with E-state index >= 15 is 0 Å². The molecule has 24 heavy (non-hydrogen) atoms. The Morgan fingerprint density at radius 1 is 1.08 bits per heavy atom. The van der Waals surface area contributed by atoms with Gasteiger partial charge in [0.2, 0.25) is 0 Å². The largest absolute Gasteiger partial charge is 0.337 e. The summed E-state index contributed by atoms with van der Waals surface area (Å²) in [4.78, 5) is 11.0. The Labute approximate surface area is 142 Å². The molecule has 124 valence electrons. The molecule has 0 aliphatic carbocycles. The van der Waals surface area contributed by atoms with Crippen LogP contribution in [0.5, 0.6) is 0 Å². The lowest BCUT2D eigenvalue weighted by molar-refractivity contribution is 0.154. The van der Waals surface area contributed by atoms with Gasteiger partial charge in [-0.05, 0) is 49.6 Å². The highest BCUT2D eigenvalue weighted by Crippen LogP contribution is 2.21. The Morgan fingerprint density at radius 3 is 2.92 bits per heavy atom. The Hall–Kier alpha value is -2.40. The van der Waals surface area contributed by atoms with Crippen molar-refractivity contribution in [1.29, 1.82) is 0 Å². The summed E-state index contributed by atoms with van der Waals surface area (Å²) in [5.41, 5.74) is 2.45. The minimum absolute atomic E-state index is 0.703. The van der Waals surface area contributed by atoms with Crippen molar-refractivity contribution < 1.29 is 0 Å². The van der Waals surface area contributed by atoms with Crippen LogP contribution in [0, 0.1) is 5.92 Å². The molecule has 3 aromatic rings. The number of piperidine rings is 1. The third kappa shape index (κ3) is 3.41. The molecule has 5 heteroatoms. The second-order valence-corrected chi connectivity index (χ2v) is 6.58. The lowest BCUT2D eigenvalue weighted by atomic mass is 9.98. The predicted octanol–water partition coefficient (Wildman–Crippen LogP) is 2.98. The maximum absolute atomic E-state index is 4.24. The van der Waals surface area contributed by atoms with Crippen LogP contribution in [0.25, 0.3) is 5.69 Å². The monoisotopic (exact) mass is 321 g/mol. The summed E-state index contributed by atoms with van der Waals surface area (Å²) in [6, 6.07) is 8.43. The molecular formula is C19H23N5. The van der Waals surface area contributed by atoms with E-state index in [1.165, 1.54) is 25.1 Å². The van der Waals surface area contributed by atoms with Crippen molar-refractivity contribution in [1.82, 2.24) is 24.0 Å². The van der Waals surface area contributed by atoms with Crippen molar-refractivity contribution in [3.05, 3.63) is 67.3 Å². The lowest BCUT2D eigenvalue weighted by Crippen LogP contribution is -2.36. The minimum atomic E-state index is 0.703. The molecule has 0 unspecified atom stereocenters. The van der Waals surface area contributed by atoms with Gasteiger partial charge in [-0.2, -0.15) is 0 Å². The molecule has 1 atom stereocenters. The summed E-state index contributed by atoms with van der Waals surface area (Å²) in [6.45, 7) is 4.39. The van der Waals surface area contributed by atoms with Crippen LogP contribution in [0.15, 0.2) is 61.6 Å². The molecule has 0 aromatic carbocycles. The fourth-order valence-corrected chi connectivity index (χ4v) is 3.66. The van der Waals surface area contributed by atoms with Gasteiger partial charge in [-0.15, -0.1) is 0 Å². The first kappa shape index (κ1) is 15.1. The smallest absolute Gasteiger partial charge is 0.0946 e. The van der Waals surface area contributed by atoms with Crippen molar-refractivity contribution in [2.45, 2.75) is 25.9 Å². The van der Waals surface area contributed by atoms with Crippen LogP contribution in [0.3, 0.4) is 0 Å². The van der Waals surface area contributed by atoms with Crippen LogP contribution in [0.1, 0.15) is 18.5 Å². The van der Waals surface area contributed by atoms with Gasteiger partial charge in [0.15, 0.2) is 0 Å². The Morgan fingerprint density at radius 2 is 2.08 bits per heavy atom. The quantitative estimate of drug-likeness (QED) is 0.725.